The zero-order valence-electron chi connectivity index (χ0n) is 10.6. The lowest BCUT2D eigenvalue weighted by atomic mass is 10.1. The van der Waals surface area contributed by atoms with Crippen LogP contribution in [0, 0.1) is 0 Å². The minimum atomic E-state index is -3.78. The number of carboxylic acid groups (broad SMARTS) is 1. The van der Waals surface area contributed by atoms with Gasteiger partial charge in [0.1, 0.15) is 5.54 Å². The van der Waals surface area contributed by atoms with E-state index < -0.39 is 32.5 Å². The number of hydrogen-bond acceptors (Lipinski definition) is 5. The van der Waals surface area contributed by atoms with Crippen LogP contribution >= 0.6 is 0 Å². The van der Waals surface area contributed by atoms with Gasteiger partial charge in [-0.05, 0) is 33.0 Å². The van der Waals surface area contributed by atoms with Gasteiger partial charge in [-0.1, -0.05) is 0 Å². The van der Waals surface area contributed by atoms with Crippen molar-refractivity contribution in [1.82, 2.24) is 10.0 Å². The molecule has 0 saturated carbocycles. The van der Waals surface area contributed by atoms with Gasteiger partial charge in [0.05, 0.1) is 0 Å². The Morgan fingerprint density at radius 2 is 1.89 bits per heavy atom. The summed E-state index contributed by atoms with van der Waals surface area (Å²) >= 11 is 0. The van der Waals surface area contributed by atoms with Crippen molar-refractivity contribution in [3.8, 4) is 0 Å². The van der Waals surface area contributed by atoms with Crippen molar-refractivity contribution < 1.29 is 27.5 Å². The van der Waals surface area contributed by atoms with E-state index >= 15 is 0 Å². The van der Waals surface area contributed by atoms with Gasteiger partial charge in [-0.3, -0.25) is 4.79 Å². The second-order valence-corrected chi connectivity index (χ2v) is 6.03. The predicted octanol–water partition coefficient (Wildman–Crippen LogP) is -0.219. The molecule has 9 heteroatoms. The third-order valence-corrected chi connectivity index (χ3v) is 3.59. The number of hydrogen-bond donors (Lipinski definition) is 3. The second-order valence-electron chi connectivity index (χ2n) is 4.21. The van der Waals surface area contributed by atoms with Gasteiger partial charge in [0.15, 0.2) is 5.76 Å². The molecule has 0 aromatic carbocycles. The summed E-state index contributed by atoms with van der Waals surface area (Å²) in [5.41, 5.74) is -1.49. The third kappa shape index (κ3) is 3.32. The lowest BCUT2D eigenvalue weighted by molar-refractivity contribution is -0.143. The molecule has 0 unspecified atom stereocenters. The van der Waals surface area contributed by atoms with Crippen LogP contribution < -0.4 is 10.0 Å². The molecule has 0 aliphatic heterocycles. The highest BCUT2D eigenvalue weighted by atomic mass is 32.2. The van der Waals surface area contributed by atoms with Gasteiger partial charge in [0.2, 0.25) is 5.09 Å². The van der Waals surface area contributed by atoms with Crippen LogP contribution in [-0.4, -0.2) is 38.0 Å². The maximum atomic E-state index is 11.7. The third-order valence-electron chi connectivity index (χ3n) is 2.30. The molecule has 0 atom stereocenters. The van der Waals surface area contributed by atoms with Gasteiger partial charge in [-0.15, -0.1) is 0 Å². The Balaban J connectivity index is 2.95. The van der Waals surface area contributed by atoms with Crippen molar-refractivity contribution in [3.63, 3.8) is 0 Å². The molecule has 1 heterocycles. The van der Waals surface area contributed by atoms with Crippen molar-refractivity contribution in [3.05, 3.63) is 17.9 Å². The summed E-state index contributed by atoms with van der Waals surface area (Å²) in [4.78, 5) is 22.6. The average molecular weight is 290 g/mol. The van der Waals surface area contributed by atoms with Crippen LogP contribution in [0.1, 0.15) is 24.4 Å². The highest BCUT2D eigenvalue weighted by Gasteiger charge is 2.30. The molecule has 3 N–H and O–H groups in total. The summed E-state index contributed by atoms with van der Waals surface area (Å²) in [6, 6.07) is 2.26. The Bertz CT molecular complexity index is 601. The number of nitrogens with one attached hydrogen (secondary N) is 2. The first kappa shape index (κ1) is 15.2. The smallest absolute Gasteiger partial charge is 0.328 e. The number of carbonyl (C=O) groups is 2. The lowest BCUT2D eigenvalue weighted by Gasteiger charge is -2.19. The zero-order valence-corrected chi connectivity index (χ0v) is 11.4. The first-order valence-electron chi connectivity index (χ1n) is 5.19. The molecule has 0 aliphatic rings. The molecule has 1 aromatic heterocycles. The molecule has 0 saturated heterocycles. The molecule has 106 valence electrons. The van der Waals surface area contributed by atoms with Gasteiger partial charge < -0.3 is 14.8 Å². The lowest BCUT2D eigenvalue weighted by Crippen LogP contribution is -2.49. The Kier molecular flexibility index (Phi) is 4.01. The van der Waals surface area contributed by atoms with Gasteiger partial charge in [-0.25, -0.2) is 17.9 Å². The van der Waals surface area contributed by atoms with Gasteiger partial charge >= 0.3 is 5.97 Å². The molecular weight excluding hydrogens is 276 g/mol. The number of aliphatic carboxylic acids is 1. The Morgan fingerprint density at radius 3 is 2.37 bits per heavy atom. The van der Waals surface area contributed by atoms with E-state index in [1.807, 2.05) is 4.72 Å². The normalized spacial score (nSPS) is 12.2. The molecule has 0 fully saturated rings. The molecule has 0 aliphatic carbocycles. The highest BCUT2D eigenvalue weighted by Crippen LogP contribution is 2.14. The van der Waals surface area contributed by atoms with Crippen molar-refractivity contribution in [2.24, 2.45) is 0 Å². The molecular formula is C10H14N2O6S. The number of carboxylic acids is 1. The fourth-order valence-electron chi connectivity index (χ4n) is 1.09. The minimum absolute atomic E-state index is 0.289. The molecule has 1 amide bonds. The second kappa shape index (κ2) is 5.02. The van der Waals surface area contributed by atoms with Crippen LogP contribution in [0.5, 0.6) is 0 Å². The topological polar surface area (TPSA) is 126 Å². The summed E-state index contributed by atoms with van der Waals surface area (Å²) in [5.74, 6) is -2.33. The summed E-state index contributed by atoms with van der Waals surface area (Å²) < 4.78 is 29.7. The van der Waals surface area contributed by atoms with E-state index in [9.17, 15) is 18.0 Å². The number of amides is 1. The average Bonchev–Trinajstić information content (AvgIpc) is 2.78. The summed E-state index contributed by atoms with van der Waals surface area (Å²) in [6.07, 6.45) is 0. The fraction of sp³-hybridized carbons (Fsp3) is 0.400. The van der Waals surface area contributed by atoms with Crippen LogP contribution in [0.4, 0.5) is 0 Å². The molecule has 8 nitrogen and oxygen atoms in total. The zero-order chi connectivity index (χ0) is 14.8. The molecule has 19 heavy (non-hydrogen) atoms. The number of furan rings is 1. The van der Waals surface area contributed by atoms with Gasteiger partial charge in [0.25, 0.3) is 15.9 Å². The quantitative estimate of drug-likeness (QED) is 0.688. The predicted molar refractivity (Wildman–Crippen MR) is 64.1 cm³/mol. The highest BCUT2D eigenvalue weighted by molar-refractivity contribution is 7.89. The van der Waals surface area contributed by atoms with E-state index in [0.29, 0.717) is 0 Å². The van der Waals surface area contributed by atoms with E-state index in [0.717, 1.165) is 12.1 Å². The SMILES string of the molecule is CNS(=O)(=O)c1ccc(C(=O)NC(C)(C)C(=O)O)o1. The van der Waals surface area contributed by atoms with E-state index in [-0.39, 0.29) is 5.76 Å². The number of rotatable bonds is 5. The summed E-state index contributed by atoms with van der Waals surface area (Å²) in [6.45, 7) is 2.59. The largest absolute Gasteiger partial charge is 0.480 e. The Hall–Kier alpha value is -1.87. The maximum Gasteiger partial charge on any atom is 0.328 e. The maximum absolute atomic E-state index is 11.7. The molecule has 1 aromatic rings. The number of sulfonamides is 1. The summed E-state index contributed by atoms with van der Waals surface area (Å²) in [5, 5.41) is 10.6. The minimum Gasteiger partial charge on any atom is -0.480 e. The van der Waals surface area contributed by atoms with E-state index in [2.05, 4.69) is 5.32 Å². The molecule has 1 rings (SSSR count). The monoisotopic (exact) mass is 290 g/mol. The van der Waals surface area contributed by atoms with E-state index in [4.69, 9.17) is 9.52 Å². The van der Waals surface area contributed by atoms with E-state index in [1.165, 1.54) is 20.9 Å². The molecule has 0 radical (unpaired) electrons. The Labute approximate surface area is 109 Å². The van der Waals surface area contributed by atoms with Crippen molar-refractivity contribution >= 4 is 21.9 Å². The fourth-order valence-corrected chi connectivity index (χ4v) is 1.73. The molecule has 0 bridgehead atoms. The summed E-state index contributed by atoms with van der Waals surface area (Å²) in [7, 11) is -2.58. The van der Waals surface area contributed by atoms with Crippen LogP contribution in [0.3, 0.4) is 0 Å². The molecule has 0 spiro atoms. The standard InChI is InChI=1S/C10H14N2O6S/c1-10(2,9(14)15)12-8(13)6-4-5-7(18-6)19(16,17)11-3/h4-5,11H,1-3H3,(H,12,13)(H,14,15). The first-order valence-corrected chi connectivity index (χ1v) is 6.68. The first-order chi connectivity index (χ1) is 8.60. The number of carbonyl (C=O) groups excluding carboxylic acids is 1. The van der Waals surface area contributed by atoms with Crippen LogP contribution in [-0.2, 0) is 14.8 Å². The van der Waals surface area contributed by atoms with Crippen molar-refractivity contribution in [1.29, 1.82) is 0 Å². The Morgan fingerprint density at radius 1 is 1.32 bits per heavy atom. The van der Waals surface area contributed by atoms with Gasteiger partial charge in [0, 0.05) is 0 Å². The van der Waals surface area contributed by atoms with Crippen LogP contribution in [0.25, 0.3) is 0 Å². The van der Waals surface area contributed by atoms with Crippen LogP contribution in [0.2, 0.25) is 0 Å². The van der Waals surface area contributed by atoms with Crippen LogP contribution in [0.15, 0.2) is 21.6 Å². The van der Waals surface area contributed by atoms with Crippen molar-refractivity contribution in [2.45, 2.75) is 24.5 Å². The van der Waals surface area contributed by atoms with Gasteiger partial charge in [-0.2, -0.15) is 0 Å². The van der Waals surface area contributed by atoms with Crippen molar-refractivity contribution in [2.75, 3.05) is 7.05 Å². The van der Waals surface area contributed by atoms with E-state index in [1.54, 1.807) is 0 Å².